The molecule has 3 aliphatic heterocycles. The van der Waals surface area contributed by atoms with Gasteiger partial charge in [0.05, 0.1) is 38.6 Å². The molecular weight excluding hydrogens is 626 g/mol. The number of aliphatic hydroxyl groups is 1. The van der Waals surface area contributed by atoms with E-state index in [-0.39, 0.29) is 37.9 Å². The Labute approximate surface area is 287 Å². The summed E-state index contributed by atoms with van der Waals surface area (Å²) in [7, 11) is 0. The second-order valence-corrected chi connectivity index (χ2v) is 12.9. The Bertz CT molecular complexity index is 1530. The van der Waals surface area contributed by atoms with Crippen LogP contribution in [0.5, 0.6) is 0 Å². The summed E-state index contributed by atoms with van der Waals surface area (Å²) >= 11 is 0. The van der Waals surface area contributed by atoms with Crippen molar-refractivity contribution in [2.45, 2.75) is 64.1 Å². The summed E-state index contributed by atoms with van der Waals surface area (Å²) in [6.07, 6.45) is 0.883. The molecule has 3 fully saturated rings. The minimum Gasteiger partial charge on any atom is -0.465 e. The van der Waals surface area contributed by atoms with Crippen LogP contribution in [0.15, 0.2) is 72.8 Å². The summed E-state index contributed by atoms with van der Waals surface area (Å²) in [6.45, 7) is 8.18. The SMILES string of the molecule is CCOC(=O)CNC(=O)NCc1cccc(-c2ccc([C@@H]3O[C@H](CN4CCC5(CC4)OCCO5)[C@H](C)[C@H](c4ccc(CO)cc4)O3)cc2)c1. The molecule has 6 rings (SSSR count). The summed E-state index contributed by atoms with van der Waals surface area (Å²) < 4.78 is 30.2. The van der Waals surface area contributed by atoms with Gasteiger partial charge in [-0.15, -0.1) is 0 Å². The second-order valence-electron chi connectivity index (χ2n) is 12.9. The number of urea groups is 1. The fourth-order valence-corrected chi connectivity index (χ4v) is 6.75. The van der Waals surface area contributed by atoms with Gasteiger partial charge in [-0.05, 0) is 40.8 Å². The van der Waals surface area contributed by atoms with Crippen molar-refractivity contribution in [3.8, 4) is 11.1 Å². The van der Waals surface area contributed by atoms with Crippen LogP contribution in [-0.4, -0.2) is 79.9 Å². The molecular formula is C38H47N3O8. The number of carbonyl (C=O) groups is 2. The summed E-state index contributed by atoms with van der Waals surface area (Å²) in [4.78, 5) is 26.1. The fraction of sp³-hybridized carbons (Fsp3) is 0.474. The van der Waals surface area contributed by atoms with Crippen LogP contribution < -0.4 is 10.6 Å². The van der Waals surface area contributed by atoms with Crippen LogP contribution >= 0.6 is 0 Å². The third-order valence-electron chi connectivity index (χ3n) is 9.59. The van der Waals surface area contributed by atoms with Crippen molar-refractivity contribution in [1.29, 1.82) is 0 Å². The van der Waals surface area contributed by atoms with E-state index in [0.717, 1.165) is 65.9 Å². The van der Waals surface area contributed by atoms with E-state index in [9.17, 15) is 14.7 Å². The van der Waals surface area contributed by atoms with E-state index in [1.165, 1.54) is 0 Å². The first-order valence-electron chi connectivity index (χ1n) is 17.2. The van der Waals surface area contributed by atoms with Crippen LogP contribution in [0.2, 0.25) is 0 Å². The first-order chi connectivity index (χ1) is 23.8. The number of hydrogen-bond donors (Lipinski definition) is 3. The van der Waals surface area contributed by atoms with Crippen molar-refractivity contribution in [2.24, 2.45) is 5.92 Å². The first-order valence-corrected chi connectivity index (χ1v) is 17.2. The lowest BCUT2D eigenvalue weighted by Gasteiger charge is -2.44. The lowest BCUT2D eigenvalue weighted by Crippen LogP contribution is -2.50. The smallest absolute Gasteiger partial charge is 0.325 e. The number of esters is 1. The van der Waals surface area contributed by atoms with E-state index >= 15 is 0 Å². The molecule has 49 heavy (non-hydrogen) atoms. The number of hydrogen-bond acceptors (Lipinski definition) is 9. The summed E-state index contributed by atoms with van der Waals surface area (Å²) in [5.74, 6) is -0.806. The Hall–Kier alpha value is -3.84. The Morgan fingerprint density at radius 1 is 0.898 bits per heavy atom. The van der Waals surface area contributed by atoms with Gasteiger partial charge in [0.15, 0.2) is 12.1 Å². The van der Waals surface area contributed by atoms with Crippen molar-refractivity contribution in [2.75, 3.05) is 46.0 Å². The average molecular weight is 674 g/mol. The van der Waals surface area contributed by atoms with Gasteiger partial charge in [0.25, 0.3) is 0 Å². The second kappa shape index (κ2) is 16.2. The van der Waals surface area contributed by atoms with Crippen molar-refractivity contribution in [3.05, 3.63) is 95.1 Å². The van der Waals surface area contributed by atoms with E-state index < -0.39 is 24.1 Å². The quantitative estimate of drug-likeness (QED) is 0.245. The lowest BCUT2D eigenvalue weighted by molar-refractivity contribution is -0.278. The molecule has 0 aliphatic carbocycles. The summed E-state index contributed by atoms with van der Waals surface area (Å²) in [6, 6.07) is 23.7. The standard InChI is InChI=1S/C38H47N3O8/c1-3-45-34(43)23-40-37(44)39-22-28-5-4-6-32(21-28)29-11-13-31(14-12-29)36-48-33(24-41-17-15-38(16-18-41)46-19-20-47-38)26(2)35(49-36)30-9-7-27(25-42)8-10-30/h4-14,21,26,33,35-36,42H,3,15-20,22-25H2,1-2H3,(H2,39,40,44)/t26-,33+,35+,36+/m0/s1. The third-order valence-corrected chi connectivity index (χ3v) is 9.59. The van der Waals surface area contributed by atoms with Gasteiger partial charge in [-0.25, -0.2) is 4.79 Å². The fourth-order valence-electron chi connectivity index (χ4n) is 6.75. The molecule has 3 N–H and O–H groups in total. The van der Waals surface area contributed by atoms with Gasteiger partial charge in [-0.3, -0.25) is 4.79 Å². The highest BCUT2D eigenvalue weighted by molar-refractivity contribution is 5.80. The summed E-state index contributed by atoms with van der Waals surface area (Å²) in [5.41, 5.74) is 5.81. The van der Waals surface area contributed by atoms with E-state index in [0.29, 0.717) is 19.8 Å². The Morgan fingerprint density at radius 3 is 2.31 bits per heavy atom. The number of piperidine rings is 1. The number of rotatable bonds is 11. The van der Waals surface area contributed by atoms with Crippen LogP contribution in [0.3, 0.4) is 0 Å². The van der Waals surface area contributed by atoms with E-state index in [2.05, 4.69) is 34.6 Å². The molecule has 11 heteroatoms. The van der Waals surface area contributed by atoms with Crippen LogP contribution in [-0.2, 0) is 41.6 Å². The first kappa shape index (κ1) is 35.0. The number of nitrogens with zero attached hydrogens (tertiary/aromatic N) is 1. The maximum absolute atomic E-state index is 12.1. The molecule has 4 atom stereocenters. The number of nitrogens with one attached hydrogen (secondary N) is 2. The Kier molecular flexibility index (Phi) is 11.6. The normalized spacial score (nSPS) is 23.7. The molecule has 0 saturated carbocycles. The Morgan fingerprint density at radius 2 is 1.61 bits per heavy atom. The largest absolute Gasteiger partial charge is 0.465 e. The molecule has 3 heterocycles. The third kappa shape index (κ3) is 8.85. The molecule has 3 aromatic carbocycles. The molecule has 0 aromatic heterocycles. The highest BCUT2D eigenvalue weighted by atomic mass is 16.7. The number of aliphatic hydroxyl groups excluding tert-OH is 1. The van der Waals surface area contributed by atoms with E-state index in [4.69, 9.17) is 23.7 Å². The zero-order chi connectivity index (χ0) is 34.2. The maximum Gasteiger partial charge on any atom is 0.325 e. The van der Waals surface area contributed by atoms with Gasteiger partial charge >= 0.3 is 12.0 Å². The summed E-state index contributed by atoms with van der Waals surface area (Å²) in [5, 5.41) is 14.9. The molecule has 3 saturated heterocycles. The van der Waals surface area contributed by atoms with Crippen molar-refractivity contribution in [3.63, 3.8) is 0 Å². The molecule has 262 valence electrons. The number of ether oxygens (including phenoxy) is 5. The molecule has 0 unspecified atom stereocenters. The van der Waals surface area contributed by atoms with Gasteiger partial charge < -0.3 is 44.3 Å². The maximum atomic E-state index is 12.1. The van der Waals surface area contributed by atoms with Gasteiger partial charge in [0, 0.05) is 50.5 Å². The molecule has 3 aromatic rings. The number of amides is 2. The molecule has 0 radical (unpaired) electrons. The number of likely N-dealkylation sites (tertiary alicyclic amines) is 1. The van der Waals surface area contributed by atoms with Gasteiger partial charge in [0.1, 0.15) is 6.54 Å². The lowest BCUT2D eigenvalue weighted by atomic mass is 9.89. The van der Waals surface area contributed by atoms with E-state index in [1.54, 1.807) is 6.92 Å². The van der Waals surface area contributed by atoms with E-state index in [1.807, 2.05) is 60.7 Å². The van der Waals surface area contributed by atoms with Gasteiger partial charge in [0.2, 0.25) is 0 Å². The molecule has 11 nitrogen and oxygen atoms in total. The highest BCUT2D eigenvalue weighted by Crippen LogP contribution is 2.42. The van der Waals surface area contributed by atoms with Crippen LogP contribution in [0.4, 0.5) is 4.79 Å². The molecule has 3 aliphatic rings. The average Bonchev–Trinajstić information content (AvgIpc) is 3.60. The van der Waals surface area contributed by atoms with Crippen molar-refractivity contribution >= 4 is 12.0 Å². The topological polar surface area (TPSA) is 128 Å². The predicted molar refractivity (Wildman–Crippen MR) is 182 cm³/mol. The minimum atomic E-state index is -0.556. The zero-order valence-corrected chi connectivity index (χ0v) is 28.3. The number of benzene rings is 3. The van der Waals surface area contributed by atoms with Crippen LogP contribution in [0.1, 0.15) is 61.3 Å². The predicted octanol–water partition coefficient (Wildman–Crippen LogP) is 4.84. The molecule has 0 bridgehead atoms. The van der Waals surface area contributed by atoms with Crippen molar-refractivity contribution in [1.82, 2.24) is 15.5 Å². The monoisotopic (exact) mass is 673 g/mol. The number of carbonyl (C=O) groups excluding carboxylic acids is 2. The van der Waals surface area contributed by atoms with Gasteiger partial charge in [-0.1, -0.05) is 73.7 Å². The van der Waals surface area contributed by atoms with Gasteiger partial charge in [-0.2, -0.15) is 0 Å². The van der Waals surface area contributed by atoms with Crippen LogP contribution in [0.25, 0.3) is 11.1 Å². The van der Waals surface area contributed by atoms with Crippen molar-refractivity contribution < 1.29 is 38.4 Å². The minimum absolute atomic E-state index is 0.00216. The Balaban J connectivity index is 1.13. The molecule has 2 amide bonds. The highest BCUT2D eigenvalue weighted by Gasteiger charge is 2.43. The van der Waals surface area contributed by atoms with Crippen LogP contribution in [0, 0.1) is 5.92 Å². The zero-order valence-electron chi connectivity index (χ0n) is 28.3. The molecule has 1 spiro atoms.